The third-order valence-electron chi connectivity index (χ3n) is 4.85. The highest BCUT2D eigenvalue weighted by Crippen LogP contribution is 2.23. The Hall–Kier alpha value is -1.99. The van der Waals surface area contributed by atoms with Crippen LogP contribution in [0.25, 0.3) is 10.9 Å². The molecule has 1 aliphatic heterocycles. The van der Waals surface area contributed by atoms with Gasteiger partial charge in [-0.25, -0.2) is 0 Å². The molecule has 0 aliphatic carbocycles. The highest BCUT2D eigenvalue weighted by atomic mass is 32.2. The molecule has 1 aliphatic rings. The van der Waals surface area contributed by atoms with E-state index in [1.54, 1.807) is 18.8 Å². The van der Waals surface area contributed by atoms with Crippen molar-refractivity contribution in [2.45, 2.75) is 31.5 Å². The Balaban J connectivity index is 1.68. The van der Waals surface area contributed by atoms with Crippen molar-refractivity contribution in [1.82, 2.24) is 20.5 Å². The van der Waals surface area contributed by atoms with Crippen LogP contribution in [0, 0.1) is 0 Å². The molecule has 2 heterocycles. The number of thioether (sulfide) groups is 1. The summed E-state index contributed by atoms with van der Waals surface area (Å²) >= 11 is 1.66. The van der Waals surface area contributed by atoms with Gasteiger partial charge in [-0.3, -0.25) is 14.5 Å². The van der Waals surface area contributed by atoms with Crippen molar-refractivity contribution in [3.63, 3.8) is 0 Å². The van der Waals surface area contributed by atoms with Gasteiger partial charge in [0, 0.05) is 50.1 Å². The molecule has 1 aromatic carbocycles. The number of nitrogens with one attached hydrogen (secondary N) is 3. The zero-order valence-corrected chi connectivity index (χ0v) is 16.1. The van der Waals surface area contributed by atoms with Crippen LogP contribution in [0.15, 0.2) is 30.5 Å². The second kappa shape index (κ2) is 8.60. The minimum Gasteiger partial charge on any atom is -0.361 e. The van der Waals surface area contributed by atoms with Crippen LogP contribution < -0.4 is 10.6 Å². The molecule has 3 rings (SSSR count). The third-order valence-corrected chi connectivity index (χ3v) is 5.47. The fourth-order valence-electron chi connectivity index (χ4n) is 3.55. The highest BCUT2D eigenvalue weighted by molar-refractivity contribution is 7.98. The van der Waals surface area contributed by atoms with Crippen LogP contribution in [0.4, 0.5) is 0 Å². The monoisotopic (exact) mass is 374 g/mol. The van der Waals surface area contributed by atoms with Crippen molar-refractivity contribution in [3.8, 4) is 0 Å². The van der Waals surface area contributed by atoms with Crippen molar-refractivity contribution in [2.75, 3.05) is 25.6 Å². The number of carbonyl (C=O) groups is 2. The largest absolute Gasteiger partial charge is 0.361 e. The average Bonchev–Trinajstić information content (AvgIpc) is 3.25. The second-order valence-corrected chi connectivity index (χ2v) is 7.69. The molecule has 26 heavy (non-hydrogen) atoms. The molecule has 0 unspecified atom stereocenters. The van der Waals surface area contributed by atoms with E-state index in [2.05, 4.69) is 38.7 Å². The number of H-pyrrole nitrogens is 1. The van der Waals surface area contributed by atoms with E-state index in [0.29, 0.717) is 25.9 Å². The summed E-state index contributed by atoms with van der Waals surface area (Å²) in [4.78, 5) is 29.7. The molecular formula is C19H26N4O2S. The summed E-state index contributed by atoms with van der Waals surface area (Å²) in [6.07, 6.45) is 5.09. The lowest BCUT2D eigenvalue weighted by Gasteiger charge is -2.23. The smallest absolute Gasteiger partial charge is 0.237 e. The lowest BCUT2D eigenvalue weighted by Crippen LogP contribution is -2.41. The zero-order chi connectivity index (χ0) is 18.5. The SMILES string of the molecule is CNC(=O)[C@@H]1C[C@@H](NC(=O)CCSC)CN1Cc1ccc2[nH]ccc2c1. The number of benzene rings is 1. The van der Waals surface area contributed by atoms with Crippen LogP contribution >= 0.6 is 11.8 Å². The fraction of sp³-hybridized carbons (Fsp3) is 0.474. The van der Waals surface area contributed by atoms with Gasteiger partial charge in [0.2, 0.25) is 11.8 Å². The number of likely N-dealkylation sites (tertiary alicyclic amines) is 1. The van der Waals surface area contributed by atoms with E-state index >= 15 is 0 Å². The predicted molar refractivity (Wildman–Crippen MR) is 106 cm³/mol. The molecule has 2 atom stereocenters. The van der Waals surface area contributed by atoms with Gasteiger partial charge in [-0.2, -0.15) is 11.8 Å². The summed E-state index contributed by atoms with van der Waals surface area (Å²) in [5, 5.41) is 7.01. The zero-order valence-electron chi connectivity index (χ0n) is 15.2. The van der Waals surface area contributed by atoms with E-state index in [1.165, 1.54) is 10.9 Å². The predicted octanol–water partition coefficient (Wildman–Crippen LogP) is 1.73. The number of nitrogens with zero attached hydrogens (tertiary/aromatic N) is 1. The number of fused-ring (bicyclic) bond motifs is 1. The van der Waals surface area contributed by atoms with Gasteiger partial charge in [0.25, 0.3) is 0 Å². The molecule has 2 aromatic rings. The van der Waals surface area contributed by atoms with Gasteiger partial charge >= 0.3 is 0 Å². The van der Waals surface area contributed by atoms with Crippen molar-refractivity contribution >= 4 is 34.5 Å². The molecule has 0 radical (unpaired) electrons. The van der Waals surface area contributed by atoms with Crippen LogP contribution in [0.1, 0.15) is 18.4 Å². The van der Waals surface area contributed by atoms with E-state index in [9.17, 15) is 9.59 Å². The Morgan fingerprint density at radius 1 is 1.35 bits per heavy atom. The minimum absolute atomic E-state index is 0.00795. The lowest BCUT2D eigenvalue weighted by molar-refractivity contribution is -0.125. The molecular weight excluding hydrogens is 348 g/mol. The van der Waals surface area contributed by atoms with E-state index in [-0.39, 0.29) is 23.9 Å². The number of amides is 2. The van der Waals surface area contributed by atoms with E-state index < -0.39 is 0 Å². The Morgan fingerprint density at radius 3 is 2.96 bits per heavy atom. The quantitative estimate of drug-likeness (QED) is 0.690. The minimum atomic E-state index is -0.215. The molecule has 2 amide bonds. The summed E-state index contributed by atoms with van der Waals surface area (Å²) in [7, 11) is 1.66. The topological polar surface area (TPSA) is 77.2 Å². The van der Waals surface area contributed by atoms with Gasteiger partial charge in [-0.1, -0.05) is 6.07 Å². The van der Waals surface area contributed by atoms with Gasteiger partial charge < -0.3 is 15.6 Å². The molecule has 7 heteroatoms. The Morgan fingerprint density at radius 2 is 2.19 bits per heavy atom. The number of hydrogen-bond donors (Lipinski definition) is 3. The summed E-state index contributed by atoms with van der Waals surface area (Å²) in [5.74, 6) is 0.891. The average molecular weight is 375 g/mol. The van der Waals surface area contributed by atoms with E-state index in [1.807, 2.05) is 18.5 Å². The first-order chi connectivity index (χ1) is 12.6. The first-order valence-corrected chi connectivity index (χ1v) is 10.3. The van der Waals surface area contributed by atoms with Crippen molar-refractivity contribution in [1.29, 1.82) is 0 Å². The molecule has 140 valence electrons. The maximum atomic E-state index is 12.3. The van der Waals surface area contributed by atoms with Gasteiger partial charge in [0.05, 0.1) is 6.04 Å². The summed E-state index contributed by atoms with van der Waals surface area (Å²) in [6.45, 7) is 1.38. The van der Waals surface area contributed by atoms with Crippen LogP contribution in [0.3, 0.4) is 0 Å². The molecule has 3 N–H and O–H groups in total. The molecule has 1 aromatic heterocycles. The summed E-state index contributed by atoms with van der Waals surface area (Å²) in [6, 6.07) is 8.15. The van der Waals surface area contributed by atoms with Crippen LogP contribution in [-0.4, -0.2) is 59.4 Å². The normalized spacial score (nSPS) is 20.4. The molecule has 0 spiro atoms. The first-order valence-electron chi connectivity index (χ1n) is 8.90. The Bertz CT molecular complexity index is 776. The molecule has 0 bridgehead atoms. The maximum absolute atomic E-state index is 12.3. The first kappa shape index (κ1) is 18.8. The van der Waals surface area contributed by atoms with Gasteiger partial charge in [-0.05, 0) is 41.8 Å². The maximum Gasteiger partial charge on any atom is 0.237 e. The Labute approximate surface area is 158 Å². The van der Waals surface area contributed by atoms with Crippen LogP contribution in [0.2, 0.25) is 0 Å². The summed E-state index contributed by atoms with van der Waals surface area (Å²) < 4.78 is 0. The Kier molecular flexibility index (Phi) is 6.21. The third kappa shape index (κ3) is 4.40. The number of carbonyl (C=O) groups excluding carboxylic acids is 2. The second-order valence-electron chi connectivity index (χ2n) is 6.70. The van der Waals surface area contributed by atoms with E-state index in [4.69, 9.17) is 0 Å². The number of likely N-dealkylation sites (N-methyl/N-ethyl adjacent to an activating group) is 1. The van der Waals surface area contributed by atoms with Crippen molar-refractivity contribution in [2.24, 2.45) is 0 Å². The molecule has 1 saturated heterocycles. The molecule has 0 saturated carbocycles. The standard InChI is InChI=1S/C19H26N4O2S/c1-20-19(25)17-10-15(22-18(24)6-8-26-2)12-23(17)11-13-3-4-16-14(9-13)5-7-21-16/h3-5,7,9,15,17,21H,6,8,10-12H2,1-2H3,(H,20,25)(H,22,24)/t15-,17+/m1/s1. The molecule has 1 fully saturated rings. The van der Waals surface area contributed by atoms with Gasteiger partial charge in [-0.15, -0.1) is 0 Å². The number of hydrogen-bond acceptors (Lipinski definition) is 4. The van der Waals surface area contributed by atoms with Gasteiger partial charge in [0.1, 0.15) is 0 Å². The molecule has 6 nitrogen and oxygen atoms in total. The van der Waals surface area contributed by atoms with Gasteiger partial charge in [0.15, 0.2) is 0 Å². The lowest BCUT2D eigenvalue weighted by atomic mass is 10.1. The van der Waals surface area contributed by atoms with Crippen LogP contribution in [-0.2, 0) is 16.1 Å². The number of aromatic amines is 1. The van der Waals surface area contributed by atoms with E-state index in [0.717, 1.165) is 11.3 Å². The number of rotatable bonds is 7. The van der Waals surface area contributed by atoms with Crippen LogP contribution in [0.5, 0.6) is 0 Å². The highest BCUT2D eigenvalue weighted by Gasteiger charge is 2.36. The summed E-state index contributed by atoms with van der Waals surface area (Å²) in [5.41, 5.74) is 2.28. The van der Waals surface area contributed by atoms with Crippen molar-refractivity contribution < 1.29 is 9.59 Å². The van der Waals surface area contributed by atoms with Crippen molar-refractivity contribution in [3.05, 3.63) is 36.0 Å². The number of aromatic nitrogens is 1. The fourth-order valence-corrected chi connectivity index (χ4v) is 3.94.